The molecule has 0 radical (unpaired) electrons. The number of methoxy groups -OCH3 is 1. The summed E-state index contributed by atoms with van der Waals surface area (Å²) in [6, 6.07) is 7.89. The maximum atomic E-state index is 5.21. The lowest BCUT2D eigenvalue weighted by Gasteiger charge is -2.09. The number of aromatic nitrogens is 2. The second kappa shape index (κ2) is 5.23. The van der Waals surface area contributed by atoms with E-state index in [0.29, 0.717) is 0 Å². The number of nitrogens with zero attached hydrogens (tertiary/aromatic N) is 2. The Bertz CT molecular complexity index is 510. The fourth-order valence-corrected chi connectivity index (χ4v) is 2.02. The number of benzene rings is 1. The number of ether oxygens (including phenoxy) is 1. The zero-order valence-electron chi connectivity index (χ0n) is 9.77. The number of hydrogen-bond donors (Lipinski definition) is 1. The summed E-state index contributed by atoms with van der Waals surface area (Å²) in [5, 5.41) is 7.46. The number of hydrogen-bond acceptors (Lipinski definition) is 3. The van der Waals surface area contributed by atoms with Crippen molar-refractivity contribution in [1.82, 2.24) is 9.78 Å². The van der Waals surface area contributed by atoms with Gasteiger partial charge in [0.05, 0.1) is 19.3 Å². The molecule has 1 heterocycles. The molecule has 0 aliphatic rings. The normalized spacial score (nSPS) is 10.3. The minimum Gasteiger partial charge on any atom is -0.497 e. The Hall–Kier alpha value is -1.49. The van der Waals surface area contributed by atoms with Crippen molar-refractivity contribution in [3.8, 4) is 5.75 Å². The molecular weight excluding hydrogens is 282 g/mol. The van der Waals surface area contributed by atoms with Crippen LogP contribution >= 0.6 is 15.9 Å². The molecule has 2 rings (SSSR count). The summed E-state index contributed by atoms with van der Waals surface area (Å²) in [5.41, 5.74) is 2.14. The van der Waals surface area contributed by atoms with Crippen LogP contribution in [0, 0.1) is 0 Å². The third-order valence-electron chi connectivity index (χ3n) is 2.50. The Kier molecular flexibility index (Phi) is 3.68. The second-order valence-electron chi connectivity index (χ2n) is 3.68. The van der Waals surface area contributed by atoms with E-state index >= 15 is 0 Å². The smallest absolute Gasteiger partial charge is 0.122 e. The fourth-order valence-electron chi connectivity index (χ4n) is 1.55. The first-order chi connectivity index (χ1) is 8.19. The Balaban J connectivity index is 2.09. The van der Waals surface area contributed by atoms with Gasteiger partial charge in [-0.1, -0.05) is 15.9 Å². The van der Waals surface area contributed by atoms with Crippen LogP contribution in [0.5, 0.6) is 5.75 Å². The Morgan fingerprint density at radius 2 is 2.24 bits per heavy atom. The first-order valence-electron chi connectivity index (χ1n) is 5.24. The van der Waals surface area contributed by atoms with Crippen LogP contribution in [0.15, 0.2) is 34.9 Å². The first kappa shape index (κ1) is 12.0. The molecule has 0 spiro atoms. The average Bonchev–Trinajstić information content (AvgIpc) is 2.71. The highest BCUT2D eigenvalue weighted by molar-refractivity contribution is 9.10. The molecule has 0 saturated carbocycles. The third-order valence-corrected chi connectivity index (χ3v) is 2.96. The molecule has 90 valence electrons. The average molecular weight is 296 g/mol. The predicted molar refractivity (Wildman–Crippen MR) is 71.2 cm³/mol. The van der Waals surface area contributed by atoms with Gasteiger partial charge in [0.25, 0.3) is 0 Å². The summed E-state index contributed by atoms with van der Waals surface area (Å²) < 4.78 is 8.05. The molecule has 0 bridgehead atoms. The molecule has 1 aromatic carbocycles. The van der Waals surface area contributed by atoms with E-state index in [-0.39, 0.29) is 0 Å². The molecule has 0 aliphatic heterocycles. The van der Waals surface area contributed by atoms with Gasteiger partial charge in [-0.25, -0.2) is 0 Å². The highest BCUT2D eigenvalue weighted by atomic mass is 79.9. The summed E-state index contributed by atoms with van der Waals surface area (Å²) in [4.78, 5) is 0. The van der Waals surface area contributed by atoms with E-state index in [1.807, 2.05) is 36.0 Å². The molecule has 2 aromatic rings. The minimum absolute atomic E-state index is 0.732. The van der Waals surface area contributed by atoms with Gasteiger partial charge in [0.15, 0.2) is 0 Å². The monoisotopic (exact) mass is 295 g/mol. The van der Waals surface area contributed by atoms with E-state index in [9.17, 15) is 0 Å². The summed E-state index contributed by atoms with van der Waals surface area (Å²) in [6.07, 6.45) is 1.79. The minimum atomic E-state index is 0.732. The topological polar surface area (TPSA) is 39.1 Å². The van der Waals surface area contributed by atoms with Crippen molar-refractivity contribution in [2.45, 2.75) is 6.54 Å². The van der Waals surface area contributed by atoms with Crippen molar-refractivity contribution in [2.75, 3.05) is 12.4 Å². The van der Waals surface area contributed by atoms with Crippen LogP contribution in [0.1, 0.15) is 5.69 Å². The van der Waals surface area contributed by atoms with Crippen molar-refractivity contribution < 1.29 is 4.74 Å². The predicted octanol–water partition coefficient (Wildman–Crippen LogP) is 2.80. The summed E-state index contributed by atoms with van der Waals surface area (Å²) in [5.74, 6) is 0.826. The van der Waals surface area contributed by atoms with Gasteiger partial charge in [-0.3, -0.25) is 4.68 Å². The zero-order valence-corrected chi connectivity index (χ0v) is 11.4. The summed E-state index contributed by atoms with van der Waals surface area (Å²) in [6.45, 7) is 0.732. The highest BCUT2D eigenvalue weighted by Crippen LogP contribution is 2.24. The molecule has 0 fully saturated rings. The molecule has 1 aromatic heterocycles. The van der Waals surface area contributed by atoms with Gasteiger partial charge in [-0.2, -0.15) is 5.10 Å². The zero-order chi connectivity index (χ0) is 12.3. The number of halogens is 1. The lowest BCUT2D eigenvalue weighted by molar-refractivity contribution is 0.414. The molecule has 4 nitrogen and oxygen atoms in total. The largest absolute Gasteiger partial charge is 0.497 e. The van der Waals surface area contributed by atoms with E-state index in [1.165, 1.54) is 0 Å². The standard InChI is InChI=1S/C12H14BrN3O/c1-16-11(3-4-15-16)8-14-10-5-9(13)6-12(7-10)17-2/h3-7,14H,8H2,1-2H3. The maximum absolute atomic E-state index is 5.21. The Morgan fingerprint density at radius 3 is 2.88 bits per heavy atom. The van der Waals surface area contributed by atoms with Crippen LogP contribution in [0.4, 0.5) is 5.69 Å². The van der Waals surface area contributed by atoms with Crippen LogP contribution in [0.3, 0.4) is 0 Å². The quantitative estimate of drug-likeness (QED) is 0.943. The molecule has 0 unspecified atom stereocenters. The van der Waals surface area contributed by atoms with E-state index in [4.69, 9.17) is 4.74 Å². The molecule has 0 aliphatic carbocycles. The van der Waals surface area contributed by atoms with Gasteiger partial charge in [-0.15, -0.1) is 0 Å². The van der Waals surface area contributed by atoms with Crippen LogP contribution in [0.2, 0.25) is 0 Å². The van der Waals surface area contributed by atoms with E-state index in [2.05, 4.69) is 26.3 Å². The molecule has 17 heavy (non-hydrogen) atoms. The first-order valence-corrected chi connectivity index (χ1v) is 6.03. The van der Waals surface area contributed by atoms with Crippen molar-refractivity contribution >= 4 is 21.6 Å². The van der Waals surface area contributed by atoms with Crippen LogP contribution in [0.25, 0.3) is 0 Å². The molecule has 0 atom stereocenters. The van der Waals surface area contributed by atoms with Crippen molar-refractivity contribution in [2.24, 2.45) is 7.05 Å². The Morgan fingerprint density at radius 1 is 1.41 bits per heavy atom. The fraction of sp³-hybridized carbons (Fsp3) is 0.250. The number of anilines is 1. The maximum Gasteiger partial charge on any atom is 0.122 e. The van der Waals surface area contributed by atoms with Crippen molar-refractivity contribution in [3.05, 3.63) is 40.6 Å². The van der Waals surface area contributed by atoms with Crippen LogP contribution in [-0.2, 0) is 13.6 Å². The van der Waals surface area contributed by atoms with Gasteiger partial charge in [-0.05, 0) is 18.2 Å². The molecule has 5 heteroatoms. The van der Waals surface area contributed by atoms with Crippen molar-refractivity contribution in [1.29, 1.82) is 0 Å². The Labute approximate surface area is 109 Å². The highest BCUT2D eigenvalue weighted by Gasteiger charge is 2.01. The lowest BCUT2D eigenvalue weighted by Crippen LogP contribution is -2.05. The second-order valence-corrected chi connectivity index (χ2v) is 4.60. The van der Waals surface area contributed by atoms with Gasteiger partial charge < -0.3 is 10.1 Å². The molecule has 0 amide bonds. The molecule has 0 saturated heterocycles. The van der Waals surface area contributed by atoms with Gasteiger partial charge in [0, 0.05) is 29.5 Å². The number of aryl methyl sites for hydroxylation is 1. The molecular formula is C12H14BrN3O. The number of nitrogens with one attached hydrogen (secondary N) is 1. The van der Waals surface area contributed by atoms with Gasteiger partial charge >= 0.3 is 0 Å². The van der Waals surface area contributed by atoms with E-state index in [0.717, 1.165) is 28.1 Å². The van der Waals surface area contributed by atoms with Crippen LogP contribution < -0.4 is 10.1 Å². The van der Waals surface area contributed by atoms with Gasteiger partial charge in [0.2, 0.25) is 0 Å². The van der Waals surface area contributed by atoms with Gasteiger partial charge in [0.1, 0.15) is 5.75 Å². The molecule has 1 N–H and O–H groups in total. The van der Waals surface area contributed by atoms with E-state index in [1.54, 1.807) is 13.3 Å². The van der Waals surface area contributed by atoms with Crippen molar-refractivity contribution in [3.63, 3.8) is 0 Å². The summed E-state index contributed by atoms with van der Waals surface area (Å²) in [7, 11) is 3.59. The lowest BCUT2D eigenvalue weighted by atomic mass is 10.3. The summed E-state index contributed by atoms with van der Waals surface area (Å²) >= 11 is 3.45. The number of rotatable bonds is 4. The van der Waals surface area contributed by atoms with E-state index < -0.39 is 0 Å². The van der Waals surface area contributed by atoms with Crippen LogP contribution in [-0.4, -0.2) is 16.9 Å². The third kappa shape index (κ3) is 3.00. The SMILES string of the molecule is COc1cc(Br)cc(NCc2ccnn2C)c1.